The third-order valence-corrected chi connectivity index (χ3v) is 3.77. The van der Waals surface area contributed by atoms with Gasteiger partial charge in [-0.05, 0) is 6.07 Å². The summed E-state index contributed by atoms with van der Waals surface area (Å²) in [6, 6.07) is 3.78. The van der Waals surface area contributed by atoms with Gasteiger partial charge in [-0.25, -0.2) is 8.42 Å². The highest BCUT2D eigenvalue weighted by Gasteiger charge is 2.15. The van der Waals surface area contributed by atoms with Gasteiger partial charge >= 0.3 is 0 Å². The average Bonchev–Trinajstić information content (AvgIpc) is 2.24. The molecule has 1 aromatic carbocycles. The molecule has 0 heterocycles. The van der Waals surface area contributed by atoms with Crippen LogP contribution in [0.4, 0.5) is 5.69 Å². The molecule has 0 saturated heterocycles. The van der Waals surface area contributed by atoms with E-state index in [2.05, 4.69) is 0 Å². The zero-order valence-corrected chi connectivity index (χ0v) is 12.2. The van der Waals surface area contributed by atoms with E-state index in [0.29, 0.717) is 0 Å². The highest BCUT2D eigenvalue weighted by atomic mass is 35.7. The molecule has 0 spiro atoms. The van der Waals surface area contributed by atoms with E-state index >= 15 is 0 Å². The molecular weight excluding hydrogens is 317 g/mol. The zero-order chi connectivity index (χ0) is 14.6. The Morgan fingerprint density at radius 2 is 2.11 bits per heavy atom. The van der Waals surface area contributed by atoms with Gasteiger partial charge in [-0.2, -0.15) is 0 Å². The van der Waals surface area contributed by atoms with E-state index in [1.165, 1.54) is 18.2 Å². The third-order valence-electron chi connectivity index (χ3n) is 2.13. The van der Waals surface area contributed by atoms with Crippen molar-refractivity contribution in [1.29, 1.82) is 0 Å². The fourth-order valence-corrected chi connectivity index (χ4v) is 2.99. The predicted molar refractivity (Wildman–Crippen MR) is 72.4 cm³/mol. The van der Waals surface area contributed by atoms with Crippen LogP contribution in [0.1, 0.15) is 6.92 Å². The van der Waals surface area contributed by atoms with Crippen LogP contribution in [-0.2, 0) is 9.05 Å². The molecular formula is C10H11Cl2NO5S. The lowest BCUT2D eigenvalue weighted by atomic mass is 10.2. The molecule has 0 aromatic heterocycles. The van der Waals surface area contributed by atoms with Crippen LogP contribution >= 0.6 is 22.3 Å². The lowest BCUT2D eigenvalue weighted by Gasteiger charge is -2.12. The number of nitrogens with zero attached hydrogens (tertiary/aromatic N) is 1. The van der Waals surface area contributed by atoms with Gasteiger partial charge in [0.15, 0.2) is 0 Å². The molecule has 0 fully saturated rings. The van der Waals surface area contributed by atoms with Crippen molar-refractivity contribution in [3.63, 3.8) is 0 Å². The Morgan fingerprint density at radius 1 is 1.47 bits per heavy atom. The van der Waals surface area contributed by atoms with E-state index in [1.54, 1.807) is 6.92 Å². The van der Waals surface area contributed by atoms with Gasteiger partial charge in [0.25, 0.3) is 5.69 Å². The highest BCUT2D eigenvalue weighted by Crippen LogP contribution is 2.29. The quantitative estimate of drug-likeness (QED) is 0.455. The number of hydrogen-bond donors (Lipinski definition) is 0. The van der Waals surface area contributed by atoms with Crippen LogP contribution < -0.4 is 4.74 Å². The van der Waals surface area contributed by atoms with Gasteiger partial charge in [0.05, 0.1) is 22.3 Å². The van der Waals surface area contributed by atoms with Crippen LogP contribution in [0.25, 0.3) is 0 Å². The molecule has 1 atom stereocenters. The molecule has 0 amide bonds. The summed E-state index contributed by atoms with van der Waals surface area (Å²) in [4.78, 5) is 9.94. The third kappa shape index (κ3) is 5.63. The number of nitro groups is 1. The van der Waals surface area contributed by atoms with E-state index in [-0.39, 0.29) is 34.7 Å². The second-order valence-electron chi connectivity index (χ2n) is 3.99. The maximum atomic E-state index is 10.8. The van der Waals surface area contributed by atoms with Gasteiger partial charge in [-0.3, -0.25) is 10.1 Å². The number of non-ortho nitro benzene ring substituents is 1. The zero-order valence-electron chi connectivity index (χ0n) is 9.88. The van der Waals surface area contributed by atoms with Crippen molar-refractivity contribution >= 4 is 37.0 Å². The highest BCUT2D eigenvalue weighted by molar-refractivity contribution is 8.13. The van der Waals surface area contributed by atoms with E-state index in [4.69, 9.17) is 27.0 Å². The summed E-state index contributed by atoms with van der Waals surface area (Å²) in [5.41, 5.74) is -0.145. The van der Waals surface area contributed by atoms with Crippen molar-refractivity contribution in [2.45, 2.75) is 6.92 Å². The first-order valence-electron chi connectivity index (χ1n) is 5.18. The van der Waals surface area contributed by atoms with Gasteiger partial charge in [0.1, 0.15) is 5.75 Å². The van der Waals surface area contributed by atoms with Gasteiger partial charge in [-0.15, -0.1) is 0 Å². The minimum Gasteiger partial charge on any atom is -0.492 e. The standard InChI is InChI=1S/C10H11Cl2NO5S/c1-7(6-19(12,16)17)5-18-10-3-2-8(13(14)15)4-9(10)11/h2-4,7H,5-6H2,1H3. The summed E-state index contributed by atoms with van der Waals surface area (Å²) in [5, 5.41) is 10.6. The number of nitro benzene ring substituents is 1. The molecule has 0 saturated carbocycles. The van der Waals surface area contributed by atoms with Crippen LogP contribution in [-0.4, -0.2) is 25.7 Å². The topological polar surface area (TPSA) is 86.5 Å². The summed E-state index contributed by atoms with van der Waals surface area (Å²) < 4.78 is 27.0. The molecule has 0 aliphatic heterocycles. The predicted octanol–water partition coefficient (Wildman–Crippen LogP) is 2.83. The summed E-state index contributed by atoms with van der Waals surface area (Å²) in [6.45, 7) is 1.74. The van der Waals surface area contributed by atoms with Crippen LogP contribution in [0.3, 0.4) is 0 Å². The number of halogens is 2. The molecule has 0 radical (unpaired) electrons. The average molecular weight is 328 g/mol. The number of benzene rings is 1. The van der Waals surface area contributed by atoms with E-state index < -0.39 is 14.0 Å². The number of rotatable bonds is 6. The molecule has 19 heavy (non-hydrogen) atoms. The Kier molecular flexibility index (Phi) is 5.39. The molecule has 6 nitrogen and oxygen atoms in total. The second-order valence-corrected chi connectivity index (χ2v) is 7.22. The number of ether oxygens (including phenoxy) is 1. The molecule has 0 aliphatic rings. The van der Waals surface area contributed by atoms with Crippen LogP contribution in [0, 0.1) is 16.0 Å². The largest absolute Gasteiger partial charge is 0.492 e. The first-order chi connectivity index (χ1) is 8.69. The van der Waals surface area contributed by atoms with Crippen LogP contribution in [0.5, 0.6) is 5.75 Å². The molecule has 0 bridgehead atoms. The van der Waals surface area contributed by atoms with E-state index in [0.717, 1.165) is 0 Å². The molecule has 106 valence electrons. The smallest absolute Gasteiger partial charge is 0.271 e. The van der Waals surface area contributed by atoms with Crippen molar-refractivity contribution in [3.8, 4) is 5.75 Å². The van der Waals surface area contributed by atoms with Crippen molar-refractivity contribution in [2.24, 2.45) is 5.92 Å². The van der Waals surface area contributed by atoms with Gasteiger partial charge in [-0.1, -0.05) is 18.5 Å². The summed E-state index contributed by atoms with van der Waals surface area (Å²) in [5.74, 6) is -0.293. The lowest BCUT2D eigenvalue weighted by molar-refractivity contribution is -0.384. The van der Waals surface area contributed by atoms with E-state index in [1.807, 2.05) is 0 Å². The first kappa shape index (κ1) is 16.0. The molecule has 1 aromatic rings. The Bertz CT molecular complexity index is 575. The second kappa shape index (κ2) is 6.40. The van der Waals surface area contributed by atoms with Crippen molar-refractivity contribution in [2.75, 3.05) is 12.4 Å². The van der Waals surface area contributed by atoms with Crippen molar-refractivity contribution in [1.82, 2.24) is 0 Å². The van der Waals surface area contributed by atoms with Crippen LogP contribution in [0.2, 0.25) is 5.02 Å². The maximum absolute atomic E-state index is 10.8. The summed E-state index contributed by atoms with van der Waals surface area (Å²) >= 11 is 5.82. The Morgan fingerprint density at radius 3 is 2.58 bits per heavy atom. The fourth-order valence-electron chi connectivity index (χ4n) is 1.34. The molecule has 1 rings (SSSR count). The maximum Gasteiger partial charge on any atom is 0.271 e. The first-order valence-corrected chi connectivity index (χ1v) is 8.04. The monoisotopic (exact) mass is 327 g/mol. The molecule has 0 aliphatic carbocycles. The Balaban J connectivity index is 2.66. The Labute approximate surface area is 119 Å². The van der Waals surface area contributed by atoms with Crippen molar-refractivity contribution in [3.05, 3.63) is 33.3 Å². The minimum atomic E-state index is -3.59. The van der Waals surface area contributed by atoms with Gasteiger partial charge < -0.3 is 4.74 Å². The molecule has 9 heteroatoms. The molecule has 0 N–H and O–H groups in total. The summed E-state index contributed by atoms with van der Waals surface area (Å²) in [6.07, 6.45) is 0. The van der Waals surface area contributed by atoms with E-state index in [9.17, 15) is 18.5 Å². The Hall–Kier alpha value is -1.05. The normalized spacial score (nSPS) is 13.0. The summed E-state index contributed by atoms with van der Waals surface area (Å²) in [7, 11) is 1.53. The van der Waals surface area contributed by atoms with Crippen molar-refractivity contribution < 1.29 is 18.1 Å². The fraction of sp³-hybridized carbons (Fsp3) is 0.400. The minimum absolute atomic E-state index is 0.0868. The lowest BCUT2D eigenvalue weighted by Crippen LogP contribution is -2.16. The molecule has 1 unspecified atom stereocenters. The SMILES string of the molecule is CC(COc1ccc([N+](=O)[O-])cc1Cl)CS(=O)(=O)Cl. The number of hydrogen-bond acceptors (Lipinski definition) is 5. The van der Waals surface area contributed by atoms with Gasteiger partial charge in [0, 0.05) is 28.7 Å². The van der Waals surface area contributed by atoms with Gasteiger partial charge in [0.2, 0.25) is 9.05 Å². The van der Waals surface area contributed by atoms with Crippen LogP contribution in [0.15, 0.2) is 18.2 Å².